The lowest BCUT2D eigenvalue weighted by Gasteiger charge is -2.08. The molecular formula is C14H13O6P. The van der Waals surface area contributed by atoms with Gasteiger partial charge in [-0.3, -0.25) is 9.36 Å². The highest BCUT2D eigenvalue weighted by Gasteiger charge is 2.27. The van der Waals surface area contributed by atoms with Crippen LogP contribution in [0.15, 0.2) is 42.5 Å². The minimum atomic E-state index is -4.86. The number of hydrogen-bond donors (Lipinski definition) is 4. The molecule has 0 unspecified atom stereocenters. The molecule has 6 nitrogen and oxygen atoms in total. The summed E-state index contributed by atoms with van der Waals surface area (Å²) in [5, 5.41) is 19.0. The van der Waals surface area contributed by atoms with Crippen LogP contribution in [0.4, 0.5) is 0 Å². The van der Waals surface area contributed by atoms with Gasteiger partial charge in [0.2, 0.25) is 0 Å². The lowest BCUT2D eigenvalue weighted by Crippen LogP contribution is -2.01. The van der Waals surface area contributed by atoms with Gasteiger partial charge in [-0.25, -0.2) is 0 Å². The molecule has 2 aromatic rings. The second kappa shape index (κ2) is 5.69. The van der Waals surface area contributed by atoms with E-state index < -0.39 is 13.1 Å². The molecule has 0 atom stereocenters. The van der Waals surface area contributed by atoms with E-state index in [0.717, 1.165) is 11.6 Å². The molecule has 110 valence electrons. The van der Waals surface area contributed by atoms with E-state index in [-0.39, 0.29) is 23.5 Å². The van der Waals surface area contributed by atoms with Crippen LogP contribution in [-0.2, 0) is 11.0 Å². The van der Waals surface area contributed by atoms with Crippen LogP contribution >= 0.6 is 7.60 Å². The molecule has 0 amide bonds. The Morgan fingerprint density at radius 3 is 2.19 bits per heavy atom. The average Bonchev–Trinajstić information content (AvgIpc) is 2.42. The van der Waals surface area contributed by atoms with Crippen molar-refractivity contribution < 1.29 is 29.4 Å². The minimum Gasteiger partial charge on any atom is -0.508 e. The van der Waals surface area contributed by atoms with Crippen LogP contribution in [0.3, 0.4) is 0 Å². The number of carbonyl (C=O) groups excluding carboxylic acids is 1. The lowest BCUT2D eigenvalue weighted by atomic mass is 10.0. The molecule has 2 aromatic carbocycles. The van der Waals surface area contributed by atoms with Crippen LogP contribution < -0.4 is 0 Å². The summed E-state index contributed by atoms with van der Waals surface area (Å²) in [4.78, 5) is 29.3. The number of phenolic OH excluding ortho intramolecular Hbond substituents is 2. The topological polar surface area (TPSA) is 115 Å². The average molecular weight is 308 g/mol. The van der Waals surface area contributed by atoms with E-state index in [1.54, 1.807) is 12.1 Å². The first-order valence-corrected chi connectivity index (χ1v) is 7.59. The van der Waals surface area contributed by atoms with Crippen molar-refractivity contribution in [1.29, 1.82) is 0 Å². The van der Waals surface area contributed by atoms with Crippen LogP contribution in [0.25, 0.3) is 0 Å². The van der Waals surface area contributed by atoms with E-state index in [9.17, 15) is 19.6 Å². The fraction of sp³-hybridized carbons (Fsp3) is 0.0714. The molecule has 0 fully saturated rings. The van der Waals surface area contributed by atoms with Gasteiger partial charge in [0.15, 0.2) is 0 Å². The molecule has 0 aliphatic carbocycles. The summed E-state index contributed by atoms with van der Waals surface area (Å²) in [5.41, 5.74) is -0.312. The number of phenols is 2. The van der Waals surface area contributed by atoms with Gasteiger partial charge in [-0.1, -0.05) is 12.1 Å². The first-order valence-electron chi connectivity index (χ1n) is 5.97. The van der Waals surface area contributed by atoms with Crippen molar-refractivity contribution in [2.75, 3.05) is 0 Å². The van der Waals surface area contributed by atoms with Gasteiger partial charge < -0.3 is 20.0 Å². The Bertz CT molecular complexity index is 717. The maximum atomic E-state index is 11.5. The summed E-state index contributed by atoms with van der Waals surface area (Å²) in [6.07, 6.45) is 0.258. The Hall–Kier alpha value is -2.14. The number of rotatable bonds is 4. The predicted octanol–water partition coefficient (Wildman–Crippen LogP) is 2.01. The maximum Gasteiger partial charge on any atom is 0.396 e. The zero-order valence-electron chi connectivity index (χ0n) is 10.8. The monoisotopic (exact) mass is 308 g/mol. The predicted molar refractivity (Wildman–Crippen MR) is 75.4 cm³/mol. The normalized spacial score (nSPS) is 11.3. The first-order chi connectivity index (χ1) is 9.77. The number of carbonyl (C=O) groups is 1. The molecule has 0 saturated carbocycles. The first kappa shape index (κ1) is 15.3. The molecule has 0 aliphatic heterocycles. The van der Waals surface area contributed by atoms with Crippen molar-refractivity contribution >= 4 is 13.1 Å². The highest BCUT2D eigenvalue weighted by atomic mass is 31.2. The van der Waals surface area contributed by atoms with Gasteiger partial charge in [0.05, 0.1) is 0 Å². The third-order valence-electron chi connectivity index (χ3n) is 2.92. The van der Waals surface area contributed by atoms with Gasteiger partial charge in [-0.05, 0) is 41.5 Å². The second-order valence-electron chi connectivity index (χ2n) is 4.54. The van der Waals surface area contributed by atoms with Gasteiger partial charge in [-0.2, -0.15) is 0 Å². The lowest BCUT2D eigenvalue weighted by molar-refractivity contribution is 0.104. The van der Waals surface area contributed by atoms with Crippen molar-refractivity contribution in [3.8, 4) is 11.5 Å². The fourth-order valence-corrected chi connectivity index (χ4v) is 2.34. The zero-order chi connectivity index (χ0) is 15.6. The Balaban J connectivity index is 2.34. The number of benzene rings is 2. The highest BCUT2D eigenvalue weighted by Crippen LogP contribution is 2.39. The van der Waals surface area contributed by atoms with Crippen LogP contribution in [0.5, 0.6) is 11.5 Å². The molecule has 2 rings (SSSR count). The van der Waals surface area contributed by atoms with Crippen molar-refractivity contribution in [3.05, 3.63) is 59.2 Å². The summed E-state index contributed by atoms with van der Waals surface area (Å²) >= 11 is 0. The van der Waals surface area contributed by atoms with E-state index in [4.69, 9.17) is 9.79 Å². The number of hydrogen-bond acceptors (Lipinski definition) is 4. The zero-order valence-corrected chi connectivity index (χ0v) is 11.7. The van der Waals surface area contributed by atoms with E-state index >= 15 is 0 Å². The largest absolute Gasteiger partial charge is 0.508 e. The van der Waals surface area contributed by atoms with E-state index in [1.807, 2.05) is 0 Å². The Morgan fingerprint density at radius 1 is 1.00 bits per heavy atom. The minimum absolute atomic E-state index is 0.0784. The van der Waals surface area contributed by atoms with Crippen molar-refractivity contribution in [1.82, 2.24) is 0 Å². The van der Waals surface area contributed by atoms with Gasteiger partial charge in [0.25, 0.3) is 5.52 Å². The summed E-state index contributed by atoms with van der Waals surface area (Å²) in [6.45, 7) is 0. The Kier molecular flexibility index (Phi) is 4.14. The summed E-state index contributed by atoms with van der Waals surface area (Å²) in [5.74, 6) is 0.0266. The Morgan fingerprint density at radius 2 is 1.62 bits per heavy atom. The highest BCUT2D eigenvalue weighted by molar-refractivity contribution is 7.70. The van der Waals surface area contributed by atoms with E-state index in [1.165, 1.54) is 24.3 Å². The molecule has 7 heteroatoms. The molecule has 0 aromatic heterocycles. The smallest absolute Gasteiger partial charge is 0.396 e. The van der Waals surface area contributed by atoms with Crippen molar-refractivity contribution in [3.63, 3.8) is 0 Å². The molecule has 0 spiro atoms. The fourth-order valence-electron chi connectivity index (χ4n) is 1.86. The van der Waals surface area contributed by atoms with Crippen LogP contribution in [0.1, 0.15) is 21.5 Å². The molecule has 0 heterocycles. The molecule has 21 heavy (non-hydrogen) atoms. The molecule has 4 N–H and O–H groups in total. The van der Waals surface area contributed by atoms with Crippen molar-refractivity contribution in [2.45, 2.75) is 6.42 Å². The number of aromatic hydroxyl groups is 2. The second-order valence-corrected chi connectivity index (χ2v) is 6.03. The molecule has 0 bridgehead atoms. The van der Waals surface area contributed by atoms with Gasteiger partial charge >= 0.3 is 7.60 Å². The van der Waals surface area contributed by atoms with Gasteiger partial charge in [0, 0.05) is 12.0 Å². The molecule has 0 aliphatic rings. The molecular weight excluding hydrogens is 295 g/mol. The van der Waals surface area contributed by atoms with Crippen LogP contribution in [0, 0.1) is 0 Å². The standard InChI is InChI=1S/C14H13O6P/c15-12-4-1-9(2-5-12)7-11-8-10(3-6-13(11)16)14(17)21(18,19)20/h1-6,8,15-16H,7H2,(H2,18,19,20). The Labute approximate surface area is 120 Å². The molecule has 0 radical (unpaired) electrons. The summed E-state index contributed by atoms with van der Waals surface area (Å²) in [6, 6.07) is 9.89. The third kappa shape index (κ3) is 3.70. The molecule has 0 saturated heterocycles. The van der Waals surface area contributed by atoms with Gasteiger partial charge in [0.1, 0.15) is 11.5 Å². The third-order valence-corrected chi connectivity index (χ3v) is 3.71. The maximum absolute atomic E-state index is 11.5. The van der Waals surface area contributed by atoms with E-state index in [2.05, 4.69) is 0 Å². The van der Waals surface area contributed by atoms with Crippen LogP contribution in [-0.4, -0.2) is 25.5 Å². The van der Waals surface area contributed by atoms with Gasteiger partial charge in [-0.15, -0.1) is 0 Å². The van der Waals surface area contributed by atoms with Crippen LogP contribution in [0.2, 0.25) is 0 Å². The summed E-state index contributed by atoms with van der Waals surface area (Å²) < 4.78 is 11.0. The SMILES string of the molecule is O=C(c1ccc(O)c(Cc2ccc(O)cc2)c1)P(=O)(O)O. The van der Waals surface area contributed by atoms with Crippen molar-refractivity contribution in [2.24, 2.45) is 0 Å². The van der Waals surface area contributed by atoms with E-state index in [0.29, 0.717) is 5.56 Å². The quantitative estimate of drug-likeness (QED) is 0.642. The summed E-state index contributed by atoms with van der Waals surface area (Å²) in [7, 11) is -4.86.